The van der Waals surface area contributed by atoms with E-state index < -0.39 is 20.5 Å². The molecule has 9 heteroatoms. The van der Waals surface area contributed by atoms with Crippen molar-refractivity contribution >= 4 is 37.3 Å². The number of rotatable bonds is 6. The highest BCUT2D eigenvalue weighted by molar-refractivity contribution is 7.92. The molecule has 1 amide bonds. The number of aliphatic hydroxyl groups excluding tert-OH is 1. The summed E-state index contributed by atoms with van der Waals surface area (Å²) in [5.74, 6) is 10.6. The Balaban J connectivity index is 1.76. The van der Waals surface area contributed by atoms with Crippen molar-refractivity contribution in [3.8, 4) is 23.7 Å². The number of nitrogens with zero attached hydrogens (tertiary/aromatic N) is 1. The van der Waals surface area contributed by atoms with Crippen LogP contribution < -0.4 is 5.48 Å². The van der Waals surface area contributed by atoms with Crippen molar-refractivity contribution in [2.24, 2.45) is 5.41 Å². The molecule has 1 aliphatic carbocycles. The number of aryl methyl sites for hydroxylation is 1. The molecule has 30 heavy (non-hydrogen) atoms. The number of hydrogen-bond acceptors (Lipinski definition) is 7. The number of thiazole rings is 1. The molecule has 1 heterocycles. The molecular weight excluding hydrogens is 424 g/mol. The highest BCUT2D eigenvalue weighted by atomic mass is 32.2. The maximum atomic E-state index is 12.1. The van der Waals surface area contributed by atoms with Crippen LogP contribution in [0, 0.1) is 29.1 Å². The van der Waals surface area contributed by atoms with Crippen molar-refractivity contribution < 1.29 is 23.5 Å². The van der Waals surface area contributed by atoms with E-state index in [9.17, 15) is 18.3 Å². The number of hydrogen-bond donors (Lipinski definition) is 3. The smallest absolute Gasteiger partial charge is 0.264 e. The quantitative estimate of drug-likeness (QED) is 0.353. The van der Waals surface area contributed by atoms with E-state index in [1.165, 1.54) is 23.7 Å². The topological polar surface area (TPSA) is 117 Å². The first kappa shape index (κ1) is 22.3. The Morgan fingerprint density at radius 2 is 2.10 bits per heavy atom. The highest BCUT2D eigenvalue weighted by Gasteiger charge is 2.43. The lowest BCUT2D eigenvalue weighted by Gasteiger charge is -2.24. The molecule has 3 N–H and O–H groups in total. The van der Waals surface area contributed by atoms with Gasteiger partial charge >= 0.3 is 0 Å². The van der Waals surface area contributed by atoms with Crippen molar-refractivity contribution in [2.45, 2.75) is 37.4 Å². The predicted octanol–water partition coefficient (Wildman–Crippen LogP) is 1.67. The number of carbonyl (C=O) groups is 1. The molecule has 0 aliphatic heterocycles. The second-order valence-corrected chi connectivity index (χ2v) is 11.2. The average Bonchev–Trinajstić information content (AvgIpc) is 3.38. The van der Waals surface area contributed by atoms with Crippen LogP contribution >= 0.6 is 11.3 Å². The number of nitrogens with one attached hydrogen (secondary N) is 1. The van der Waals surface area contributed by atoms with E-state index in [2.05, 4.69) is 28.7 Å². The maximum Gasteiger partial charge on any atom is 0.264 e. The number of sulfone groups is 1. The van der Waals surface area contributed by atoms with Crippen LogP contribution in [0.15, 0.2) is 18.2 Å². The summed E-state index contributed by atoms with van der Waals surface area (Å²) in [5, 5.41) is 18.9. The highest BCUT2D eigenvalue weighted by Crippen LogP contribution is 2.44. The van der Waals surface area contributed by atoms with E-state index in [0.29, 0.717) is 5.01 Å². The fraction of sp³-hybridized carbons (Fsp3) is 0.429. The molecular formula is C21H22N2O5S2. The van der Waals surface area contributed by atoms with Crippen LogP contribution in [-0.2, 0) is 21.1 Å². The van der Waals surface area contributed by atoms with Crippen LogP contribution in [0.1, 0.15) is 36.8 Å². The van der Waals surface area contributed by atoms with Crippen LogP contribution in [0.4, 0.5) is 0 Å². The minimum Gasteiger partial charge on any atom is -0.395 e. The summed E-state index contributed by atoms with van der Waals surface area (Å²) in [6, 6.07) is 5.55. The van der Waals surface area contributed by atoms with Gasteiger partial charge in [0.15, 0.2) is 9.84 Å². The molecule has 1 fully saturated rings. The molecule has 1 aliphatic rings. The number of aromatic nitrogens is 1. The van der Waals surface area contributed by atoms with Gasteiger partial charge in [-0.2, -0.15) is 0 Å². The molecule has 2 aromatic rings. The van der Waals surface area contributed by atoms with Gasteiger partial charge in [-0.15, -0.1) is 11.3 Å². The normalized spacial score (nSPS) is 16.5. The summed E-state index contributed by atoms with van der Waals surface area (Å²) in [4.78, 5) is 16.4. The third kappa shape index (κ3) is 4.66. The summed E-state index contributed by atoms with van der Waals surface area (Å²) >= 11 is 1.40. The maximum absolute atomic E-state index is 12.1. The van der Waals surface area contributed by atoms with Crippen molar-refractivity contribution in [1.82, 2.24) is 10.5 Å². The van der Waals surface area contributed by atoms with Gasteiger partial charge in [-0.1, -0.05) is 11.8 Å². The Morgan fingerprint density at radius 1 is 1.37 bits per heavy atom. The Hall–Kier alpha value is -2.43. The first-order valence-electron chi connectivity index (χ1n) is 9.30. The lowest BCUT2D eigenvalue weighted by Crippen LogP contribution is -2.49. The Kier molecular flexibility index (Phi) is 6.21. The Bertz CT molecular complexity index is 1210. The predicted molar refractivity (Wildman–Crippen MR) is 115 cm³/mol. The summed E-state index contributed by atoms with van der Waals surface area (Å²) in [5.41, 5.74) is 2.74. The Labute approximate surface area is 179 Å². The van der Waals surface area contributed by atoms with Gasteiger partial charge < -0.3 is 5.11 Å². The average molecular weight is 447 g/mol. The lowest BCUT2D eigenvalue weighted by molar-refractivity contribution is -0.131. The van der Waals surface area contributed by atoms with E-state index >= 15 is 0 Å². The van der Waals surface area contributed by atoms with E-state index in [1.54, 1.807) is 0 Å². The van der Waals surface area contributed by atoms with Gasteiger partial charge in [0.05, 0.1) is 27.2 Å². The van der Waals surface area contributed by atoms with Gasteiger partial charge in [-0.25, -0.2) is 18.9 Å². The van der Waals surface area contributed by atoms with Crippen molar-refractivity contribution in [2.75, 3.05) is 12.9 Å². The molecule has 0 spiro atoms. The Morgan fingerprint density at radius 3 is 2.70 bits per heavy atom. The van der Waals surface area contributed by atoms with Gasteiger partial charge in [0.25, 0.3) is 5.91 Å². The minimum absolute atomic E-state index is 0.00704. The van der Waals surface area contributed by atoms with Crippen LogP contribution in [0.2, 0.25) is 0 Å². The zero-order valence-corrected chi connectivity index (χ0v) is 18.3. The van der Waals surface area contributed by atoms with Gasteiger partial charge in [-0.3, -0.25) is 10.0 Å². The van der Waals surface area contributed by atoms with Crippen LogP contribution in [0.5, 0.6) is 0 Å². The first-order valence-corrected chi connectivity index (χ1v) is 12.0. The van der Waals surface area contributed by atoms with Crippen molar-refractivity contribution in [1.29, 1.82) is 0 Å². The van der Waals surface area contributed by atoms with Crippen molar-refractivity contribution in [3.63, 3.8) is 0 Å². The van der Waals surface area contributed by atoms with Crippen LogP contribution in [0.3, 0.4) is 0 Å². The minimum atomic E-state index is -3.75. The summed E-state index contributed by atoms with van der Waals surface area (Å²) in [7, 11) is -3.75. The van der Waals surface area contributed by atoms with Crippen LogP contribution in [0.25, 0.3) is 10.2 Å². The van der Waals surface area contributed by atoms with Gasteiger partial charge in [0.2, 0.25) is 0 Å². The molecule has 0 bridgehead atoms. The fourth-order valence-corrected chi connectivity index (χ4v) is 4.69. The zero-order chi connectivity index (χ0) is 22.0. The molecule has 0 radical (unpaired) electrons. The first-order chi connectivity index (χ1) is 14.1. The van der Waals surface area contributed by atoms with Gasteiger partial charge in [0, 0.05) is 18.2 Å². The molecule has 3 rings (SSSR count). The second kappa shape index (κ2) is 8.37. The van der Waals surface area contributed by atoms with Gasteiger partial charge in [-0.05, 0) is 56.2 Å². The summed E-state index contributed by atoms with van der Waals surface area (Å²) in [6.45, 7) is 1.36. The molecule has 1 atom stereocenters. The lowest BCUT2D eigenvalue weighted by atomic mass is 10.0. The molecule has 1 saturated carbocycles. The third-order valence-corrected chi connectivity index (χ3v) is 8.51. The molecule has 7 nitrogen and oxygen atoms in total. The van der Waals surface area contributed by atoms with Crippen LogP contribution in [-0.4, -0.2) is 47.2 Å². The van der Waals surface area contributed by atoms with E-state index in [0.717, 1.165) is 34.9 Å². The number of carbonyl (C=O) groups excluding carboxylic acids is 1. The number of hydroxylamine groups is 1. The standard InChI is InChI=1S/C21H22N2O5S2/c1-20(19(25)23-26,30(2,27)28)10-8-18-22-16-7-6-15(13-17(16)29-18)5-3-4-9-21(14-24)11-12-21/h6-7,13,24,26H,8,10-12,14H2,1-2H3,(H,23,25)/t20-/m1/s1. The number of amides is 1. The molecule has 0 saturated heterocycles. The second-order valence-electron chi connectivity index (χ2n) is 7.67. The van der Waals surface area contributed by atoms with Crippen molar-refractivity contribution in [3.05, 3.63) is 28.8 Å². The van der Waals surface area contributed by atoms with Gasteiger partial charge in [0.1, 0.15) is 4.75 Å². The summed E-state index contributed by atoms with van der Waals surface area (Å²) in [6.07, 6.45) is 3.05. The largest absolute Gasteiger partial charge is 0.395 e. The fourth-order valence-electron chi connectivity index (χ4n) is 2.83. The van der Waals surface area contributed by atoms with E-state index in [1.807, 2.05) is 18.2 Å². The van der Waals surface area contributed by atoms with E-state index in [4.69, 9.17) is 5.21 Å². The molecule has 1 aromatic carbocycles. The molecule has 0 unspecified atom stereocenters. The molecule has 1 aromatic heterocycles. The number of benzene rings is 1. The number of aliphatic hydroxyl groups is 1. The monoisotopic (exact) mass is 446 g/mol. The van der Waals surface area contributed by atoms with E-state index in [-0.39, 0.29) is 24.9 Å². The third-order valence-electron chi connectivity index (χ3n) is 5.40. The molecule has 158 valence electrons. The summed E-state index contributed by atoms with van der Waals surface area (Å²) < 4.78 is 23.3. The SMILES string of the molecule is C[C@@](CCc1nc2ccc(C#CC#CC3(CO)CC3)cc2s1)(C(=O)NO)S(C)(=O)=O. The number of fused-ring (bicyclic) bond motifs is 1. The zero-order valence-electron chi connectivity index (χ0n) is 16.7.